The van der Waals surface area contributed by atoms with Crippen LogP contribution in [0.5, 0.6) is 0 Å². The van der Waals surface area contributed by atoms with Crippen LogP contribution in [0.1, 0.15) is 21.5 Å². The number of aromatic nitrogens is 1. The van der Waals surface area contributed by atoms with Crippen LogP contribution in [-0.4, -0.2) is 17.9 Å². The van der Waals surface area contributed by atoms with E-state index < -0.39 is 5.82 Å². The van der Waals surface area contributed by atoms with Crippen LogP contribution in [0.4, 0.5) is 4.39 Å². The van der Waals surface area contributed by atoms with Crippen LogP contribution in [0, 0.1) is 5.82 Å². The number of hydrogen-bond acceptors (Lipinski definition) is 3. The van der Waals surface area contributed by atoms with Gasteiger partial charge in [0.25, 0.3) is 0 Å². The van der Waals surface area contributed by atoms with E-state index in [0.29, 0.717) is 6.61 Å². The van der Waals surface area contributed by atoms with Gasteiger partial charge in [0.15, 0.2) is 5.78 Å². The summed E-state index contributed by atoms with van der Waals surface area (Å²) in [5, 5.41) is 0. The molecule has 4 heteroatoms. The number of ether oxygens (including phenoxy) is 1. The van der Waals surface area contributed by atoms with E-state index in [-0.39, 0.29) is 11.3 Å². The topological polar surface area (TPSA) is 39.2 Å². The van der Waals surface area contributed by atoms with Crippen molar-refractivity contribution in [2.45, 2.75) is 6.61 Å². The van der Waals surface area contributed by atoms with Crippen LogP contribution >= 0.6 is 0 Å². The number of allylic oxidation sites excluding steroid dienone is 1. The van der Waals surface area contributed by atoms with Gasteiger partial charge in [0, 0.05) is 18.9 Å². The Bertz CT molecular complexity index is 621. The maximum atomic E-state index is 13.0. The van der Waals surface area contributed by atoms with Gasteiger partial charge < -0.3 is 4.74 Å². The average molecular weight is 271 g/mol. The van der Waals surface area contributed by atoms with Gasteiger partial charge in [0.05, 0.1) is 12.8 Å². The number of halogens is 1. The van der Waals surface area contributed by atoms with Gasteiger partial charge in [0.1, 0.15) is 5.82 Å². The molecule has 0 aliphatic heterocycles. The van der Waals surface area contributed by atoms with Gasteiger partial charge in [-0.15, -0.1) is 0 Å². The first-order valence-electron chi connectivity index (χ1n) is 6.10. The van der Waals surface area contributed by atoms with E-state index in [1.54, 1.807) is 13.2 Å². The molecule has 20 heavy (non-hydrogen) atoms. The smallest absolute Gasteiger partial charge is 0.187 e. The molecule has 0 fully saturated rings. The van der Waals surface area contributed by atoms with E-state index in [9.17, 15) is 9.18 Å². The lowest BCUT2D eigenvalue weighted by atomic mass is 10.1. The largest absolute Gasteiger partial charge is 0.380 e. The van der Waals surface area contributed by atoms with Crippen LogP contribution < -0.4 is 0 Å². The van der Waals surface area contributed by atoms with Crippen LogP contribution in [0.25, 0.3) is 6.08 Å². The summed E-state index contributed by atoms with van der Waals surface area (Å²) in [6, 6.07) is 8.81. The van der Waals surface area contributed by atoms with E-state index in [1.165, 1.54) is 18.3 Å². The molecule has 0 unspecified atom stereocenters. The van der Waals surface area contributed by atoms with Gasteiger partial charge in [-0.2, -0.15) is 0 Å². The highest BCUT2D eigenvalue weighted by atomic mass is 19.1. The molecule has 1 aromatic heterocycles. The molecule has 0 N–H and O–H groups in total. The van der Waals surface area contributed by atoms with E-state index in [4.69, 9.17) is 4.74 Å². The minimum Gasteiger partial charge on any atom is -0.380 e. The maximum Gasteiger partial charge on any atom is 0.187 e. The highest BCUT2D eigenvalue weighted by molar-refractivity contribution is 6.06. The first-order valence-corrected chi connectivity index (χ1v) is 6.10. The first kappa shape index (κ1) is 14.1. The molecule has 0 atom stereocenters. The minimum absolute atomic E-state index is 0.234. The number of pyridine rings is 1. The fraction of sp³-hybridized carbons (Fsp3) is 0.125. The zero-order chi connectivity index (χ0) is 14.4. The van der Waals surface area contributed by atoms with Crippen molar-refractivity contribution < 1.29 is 13.9 Å². The Hall–Kier alpha value is -2.33. The second-order valence-electron chi connectivity index (χ2n) is 4.26. The molecule has 0 saturated heterocycles. The Balaban J connectivity index is 2.07. The summed E-state index contributed by atoms with van der Waals surface area (Å²) in [4.78, 5) is 15.5. The molecule has 1 aromatic carbocycles. The molecule has 0 radical (unpaired) electrons. The lowest BCUT2D eigenvalue weighted by Crippen LogP contribution is -1.96. The Morgan fingerprint density at radius 1 is 1.30 bits per heavy atom. The zero-order valence-corrected chi connectivity index (χ0v) is 11.0. The molecule has 0 aliphatic carbocycles. The van der Waals surface area contributed by atoms with Crippen molar-refractivity contribution >= 4 is 11.9 Å². The number of hydrogen-bond donors (Lipinski definition) is 0. The van der Waals surface area contributed by atoms with Crippen molar-refractivity contribution in [1.82, 2.24) is 4.98 Å². The molecule has 102 valence electrons. The Labute approximate surface area is 116 Å². The summed E-state index contributed by atoms with van der Waals surface area (Å²) in [7, 11) is 1.64. The molecular weight excluding hydrogens is 257 g/mol. The summed E-state index contributed by atoms with van der Waals surface area (Å²) < 4.78 is 18.0. The third kappa shape index (κ3) is 3.83. The summed E-state index contributed by atoms with van der Waals surface area (Å²) in [5.74, 6) is -0.800. The summed E-state index contributed by atoms with van der Waals surface area (Å²) in [6.45, 7) is 0.553. The van der Waals surface area contributed by atoms with E-state index in [1.807, 2.05) is 24.3 Å². The normalized spacial score (nSPS) is 10.9. The maximum absolute atomic E-state index is 13.0. The number of carbonyl (C=O) groups excluding carboxylic acids is 1. The minimum atomic E-state index is -0.520. The molecule has 2 rings (SSSR count). The van der Waals surface area contributed by atoms with Gasteiger partial charge in [0.2, 0.25) is 0 Å². The summed E-state index contributed by atoms with van der Waals surface area (Å²) in [6.07, 6.45) is 5.50. The molecule has 0 saturated carbocycles. The van der Waals surface area contributed by atoms with Gasteiger partial charge >= 0.3 is 0 Å². The lowest BCUT2D eigenvalue weighted by Gasteiger charge is -2.00. The van der Waals surface area contributed by atoms with Crippen molar-refractivity contribution in [3.63, 3.8) is 0 Å². The molecule has 2 aromatic rings. The van der Waals surface area contributed by atoms with Crippen molar-refractivity contribution in [2.24, 2.45) is 0 Å². The highest BCUT2D eigenvalue weighted by Crippen LogP contribution is 2.09. The van der Waals surface area contributed by atoms with Crippen LogP contribution in [0.2, 0.25) is 0 Å². The third-order valence-corrected chi connectivity index (χ3v) is 2.71. The molecule has 3 nitrogen and oxygen atoms in total. The fourth-order valence-electron chi connectivity index (χ4n) is 1.71. The van der Waals surface area contributed by atoms with Crippen molar-refractivity contribution in [2.75, 3.05) is 7.11 Å². The second kappa shape index (κ2) is 6.73. The van der Waals surface area contributed by atoms with Crippen molar-refractivity contribution in [3.05, 3.63) is 71.3 Å². The van der Waals surface area contributed by atoms with Gasteiger partial charge in [-0.1, -0.05) is 30.3 Å². The van der Waals surface area contributed by atoms with Crippen LogP contribution in [0.15, 0.2) is 48.8 Å². The second-order valence-corrected chi connectivity index (χ2v) is 4.26. The summed E-state index contributed by atoms with van der Waals surface area (Å²) >= 11 is 0. The van der Waals surface area contributed by atoms with Crippen LogP contribution in [-0.2, 0) is 11.3 Å². The predicted octanol–water partition coefficient (Wildman–Crippen LogP) is 3.26. The number of benzene rings is 1. The average Bonchev–Trinajstić information content (AvgIpc) is 2.46. The first-order chi connectivity index (χ1) is 9.69. The van der Waals surface area contributed by atoms with E-state index >= 15 is 0 Å². The van der Waals surface area contributed by atoms with E-state index in [0.717, 1.165) is 17.3 Å². The van der Waals surface area contributed by atoms with Gasteiger partial charge in [-0.05, 0) is 23.3 Å². The van der Waals surface area contributed by atoms with Gasteiger partial charge in [-0.25, -0.2) is 4.39 Å². The highest BCUT2D eigenvalue weighted by Gasteiger charge is 2.03. The Kier molecular flexibility index (Phi) is 4.74. The van der Waals surface area contributed by atoms with Crippen molar-refractivity contribution in [1.29, 1.82) is 0 Å². The number of ketones is 1. The quantitative estimate of drug-likeness (QED) is 0.619. The zero-order valence-electron chi connectivity index (χ0n) is 11.0. The van der Waals surface area contributed by atoms with Crippen LogP contribution in [0.3, 0.4) is 0 Å². The fourth-order valence-corrected chi connectivity index (χ4v) is 1.71. The Morgan fingerprint density at radius 2 is 2.05 bits per heavy atom. The number of rotatable bonds is 5. The monoisotopic (exact) mass is 271 g/mol. The molecule has 0 aliphatic rings. The Morgan fingerprint density at radius 3 is 2.70 bits per heavy atom. The number of nitrogens with zero attached hydrogens (tertiary/aromatic N) is 1. The van der Waals surface area contributed by atoms with Crippen molar-refractivity contribution in [3.8, 4) is 0 Å². The standard InChI is InChI=1S/C16H14FNO2/c1-20-11-13-4-2-12(3-5-13)6-7-16(19)14-8-15(17)10-18-9-14/h2-10H,11H2,1H3. The molecule has 0 amide bonds. The lowest BCUT2D eigenvalue weighted by molar-refractivity contribution is 0.104. The molecule has 1 heterocycles. The SMILES string of the molecule is COCc1ccc(C=CC(=O)c2cncc(F)c2)cc1. The molecule has 0 spiro atoms. The third-order valence-electron chi connectivity index (χ3n) is 2.71. The number of methoxy groups -OCH3 is 1. The number of carbonyl (C=O) groups is 1. The molecular formula is C16H14FNO2. The molecule has 0 bridgehead atoms. The van der Waals surface area contributed by atoms with E-state index in [2.05, 4.69) is 4.98 Å². The van der Waals surface area contributed by atoms with Gasteiger partial charge in [-0.3, -0.25) is 9.78 Å². The summed E-state index contributed by atoms with van der Waals surface area (Å²) in [5.41, 5.74) is 2.19. The predicted molar refractivity (Wildman–Crippen MR) is 74.7 cm³/mol.